The number of rotatable bonds is 9. The summed E-state index contributed by atoms with van der Waals surface area (Å²) in [4.78, 5) is 15.2. The molecule has 144 valence electrons. The molecule has 5 heteroatoms. The Hall–Kier alpha value is -2.95. The minimum absolute atomic E-state index is 0.155. The van der Waals surface area contributed by atoms with Crippen molar-refractivity contribution >= 4 is 16.6 Å². The smallest absolute Gasteiger partial charge is 0.294 e. The summed E-state index contributed by atoms with van der Waals surface area (Å²) in [5.41, 5.74) is 9.21. The summed E-state index contributed by atoms with van der Waals surface area (Å²) in [7, 11) is 0. The molecule has 0 unspecified atom stereocenters. The standard InChI is InChI=1S/C22H28N2O3/c1-5-12-26-21-20(27-13-11-16(4)8-6-7-15(2)3)18-10-9-17(23)14-19(18)24-22(21)25/h5,7,9-11,14H,1,6,8,12-13,23H2,2-4H3,(H,24,25)/b16-11+. The van der Waals surface area contributed by atoms with Gasteiger partial charge in [0.1, 0.15) is 13.2 Å². The molecule has 1 aromatic carbocycles. The average molecular weight is 368 g/mol. The van der Waals surface area contributed by atoms with Crippen LogP contribution < -0.4 is 20.8 Å². The van der Waals surface area contributed by atoms with Crippen LogP contribution in [-0.2, 0) is 0 Å². The second kappa shape index (κ2) is 9.67. The quantitative estimate of drug-likeness (QED) is 0.495. The van der Waals surface area contributed by atoms with Crippen molar-refractivity contribution in [2.24, 2.45) is 0 Å². The molecule has 0 aliphatic carbocycles. The van der Waals surface area contributed by atoms with E-state index in [0.717, 1.165) is 18.2 Å². The average Bonchev–Trinajstić information content (AvgIpc) is 2.60. The Balaban J connectivity index is 2.27. The number of ether oxygens (including phenoxy) is 2. The zero-order valence-electron chi connectivity index (χ0n) is 16.3. The largest absolute Gasteiger partial charge is 0.485 e. The summed E-state index contributed by atoms with van der Waals surface area (Å²) in [6.07, 6.45) is 7.81. The molecule has 1 heterocycles. The van der Waals surface area contributed by atoms with Gasteiger partial charge in [-0.2, -0.15) is 0 Å². The SMILES string of the molecule is C=CCOc1c(OC/C=C(\C)CCC=C(C)C)c2ccc(N)cc2[nH]c1=O. The van der Waals surface area contributed by atoms with E-state index in [1.165, 1.54) is 11.1 Å². The van der Waals surface area contributed by atoms with Crippen molar-refractivity contribution < 1.29 is 9.47 Å². The molecule has 0 spiro atoms. The van der Waals surface area contributed by atoms with Crippen LogP contribution in [0.5, 0.6) is 11.5 Å². The van der Waals surface area contributed by atoms with Crippen LogP contribution in [0, 0.1) is 0 Å². The van der Waals surface area contributed by atoms with E-state index >= 15 is 0 Å². The molecule has 0 bridgehead atoms. The van der Waals surface area contributed by atoms with Crippen LogP contribution in [0.1, 0.15) is 33.6 Å². The molecule has 0 atom stereocenters. The highest BCUT2D eigenvalue weighted by molar-refractivity contribution is 5.89. The molecule has 2 rings (SSSR count). The van der Waals surface area contributed by atoms with Gasteiger partial charge in [0.05, 0.1) is 5.52 Å². The molecule has 0 fully saturated rings. The first-order valence-electron chi connectivity index (χ1n) is 9.03. The third-order valence-corrected chi connectivity index (χ3v) is 4.05. The number of nitrogens with one attached hydrogen (secondary N) is 1. The number of nitrogen functional groups attached to an aromatic ring is 1. The third kappa shape index (κ3) is 5.78. The summed E-state index contributed by atoms with van der Waals surface area (Å²) < 4.78 is 11.5. The number of pyridine rings is 1. The molecule has 0 amide bonds. The number of hydrogen-bond donors (Lipinski definition) is 2. The fraction of sp³-hybridized carbons (Fsp3) is 0.318. The number of aromatic nitrogens is 1. The molecule has 2 aromatic rings. The maximum atomic E-state index is 12.4. The molecule has 1 aromatic heterocycles. The van der Waals surface area contributed by atoms with E-state index in [-0.39, 0.29) is 17.9 Å². The lowest BCUT2D eigenvalue weighted by Gasteiger charge is -2.13. The van der Waals surface area contributed by atoms with Gasteiger partial charge in [0.25, 0.3) is 5.56 Å². The maximum Gasteiger partial charge on any atom is 0.294 e. The maximum absolute atomic E-state index is 12.4. The number of aromatic amines is 1. The van der Waals surface area contributed by atoms with Crippen molar-refractivity contribution in [3.63, 3.8) is 0 Å². The molecule has 3 N–H and O–H groups in total. The Kier molecular flexibility index (Phi) is 7.29. The fourth-order valence-electron chi connectivity index (χ4n) is 2.64. The number of H-pyrrole nitrogens is 1. The number of hydrogen-bond acceptors (Lipinski definition) is 4. The molecule has 0 aliphatic rings. The number of benzene rings is 1. The highest BCUT2D eigenvalue weighted by Crippen LogP contribution is 2.32. The number of anilines is 1. The molecular weight excluding hydrogens is 340 g/mol. The lowest BCUT2D eigenvalue weighted by Crippen LogP contribution is -2.14. The van der Waals surface area contributed by atoms with Crippen LogP contribution >= 0.6 is 0 Å². The number of fused-ring (bicyclic) bond motifs is 1. The van der Waals surface area contributed by atoms with Gasteiger partial charge >= 0.3 is 0 Å². The van der Waals surface area contributed by atoms with E-state index in [1.54, 1.807) is 18.2 Å². The first-order valence-corrected chi connectivity index (χ1v) is 9.03. The lowest BCUT2D eigenvalue weighted by atomic mass is 10.1. The first-order chi connectivity index (χ1) is 12.9. The van der Waals surface area contributed by atoms with Crippen molar-refractivity contribution in [3.05, 3.63) is 64.5 Å². The van der Waals surface area contributed by atoms with Crippen molar-refractivity contribution in [2.75, 3.05) is 18.9 Å². The molecule has 27 heavy (non-hydrogen) atoms. The van der Waals surface area contributed by atoms with Crippen LogP contribution in [0.3, 0.4) is 0 Å². The highest BCUT2D eigenvalue weighted by Gasteiger charge is 2.15. The van der Waals surface area contributed by atoms with Crippen LogP contribution in [0.25, 0.3) is 10.9 Å². The highest BCUT2D eigenvalue weighted by atomic mass is 16.5. The summed E-state index contributed by atoms with van der Waals surface area (Å²) in [5, 5.41) is 0.749. The Morgan fingerprint density at radius 2 is 1.89 bits per heavy atom. The van der Waals surface area contributed by atoms with Gasteiger partial charge in [0, 0.05) is 11.1 Å². The van der Waals surface area contributed by atoms with Gasteiger partial charge < -0.3 is 20.2 Å². The van der Waals surface area contributed by atoms with Gasteiger partial charge in [-0.25, -0.2) is 0 Å². The fourth-order valence-corrected chi connectivity index (χ4v) is 2.64. The van der Waals surface area contributed by atoms with Crippen molar-refractivity contribution in [1.82, 2.24) is 4.98 Å². The van der Waals surface area contributed by atoms with Crippen molar-refractivity contribution in [3.8, 4) is 11.5 Å². The van der Waals surface area contributed by atoms with Gasteiger partial charge in [0.2, 0.25) is 5.75 Å². The third-order valence-electron chi connectivity index (χ3n) is 4.05. The minimum Gasteiger partial charge on any atom is -0.485 e. The summed E-state index contributed by atoms with van der Waals surface area (Å²) in [5.74, 6) is 0.576. The van der Waals surface area contributed by atoms with E-state index in [1.807, 2.05) is 12.1 Å². The van der Waals surface area contributed by atoms with Gasteiger partial charge in [-0.3, -0.25) is 4.79 Å². The van der Waals surface area contributed by atoms with Gasteiger partial charge in [-0.1, -0.05) is 29.9 Å². The second-order valence-electron chi connectivity index (χ2n) is 6.70. The molecule has 0 saturated heterocycles. The molecule has 0 aliphatic heterocycles. The number of allylic oxidation sites excluding steroid dienone is 3. The van der Waals surface area contributed by atoms with E-state index in [0.29, 0.717) is 23.6 Å². The Morgan fingerprint density at radius 3 is 2.59 bits per heavy atom. The normalized spacial score (nSPS) is 11.3. The zero-order valence-corrected chi connectivity index (χ0v) is 16.3. The molecule has 5 nitrogen and oxygen atoms in total. The van der Waals surface area contributed by atoms with Crippen LogP contribution in [0.4, 0.5) is 5.69 Å². The van der Waals surface area contributed by atoms with E-state index in [2.05, 4.69) is 38.4 Å². The minimum atomic E-state index is -0.353. The lowest BCUT2D eigenvalue weighted by molar-refractivity contribution is 0.307. The van der Waals surface area contributed by atoms with Crippen LogP contribution in [-0.4, -0.2) is 18.2 Å². The predicted octanol–water partition coefficient (Wildman–Crippen LogP) is 4.75. The van der Waals surface area contributed by atoms with Crippen LogP contribution in [0.15, 0.2) is 58.9 Å². The molecular formula is C22H28N2O3. The Bertz CT molecular complexity index is 919. The van der Waals surface area contributed by atoms with Gasteiger partial charge in [0.15, 0.2) is 5.75 Å². The summed E-state index contributed by atoms with van der Waals surface area (Å²) in [6.45, 7) is 10.5. The second-order valence-corrected chi connectivity index (χ2v) is 6.70. The van der Waals surface area contributed by atoms with E-state index in [4.69, 9.17) is 15.2 Å². The zero-order chi connectivity index (χ0) is 19.8. The number of nitrogens with two attached hydrogens (primary N) is 1. The van der Waals surface area contributed by atoms with Crippen molar-refractivity contribution in [1.29, 1.82) is 0 Å². The molecule has 0 saturated carbocycles. The van der Waals surface area contributed by atoms with Crippen LogP contribution in [0.2, 0.25) is 0 Å². The summed E-state index contributed by atoms with van der Waals surface area (Å²) in [6, 6.07) is 5.30. The summed E-state index contributed by atoms with van der Waals surface area (Å²) >= 11 is 0. The van der Waals surface area contributed by atoms with Crippen molar-refractivity contribution in [2.45, 2.75) is 33.6 Å². The van der Waals surface area contributed by atoms with E-state index < -0.39 is 0 Å². The first kappa shape index (κ1) is 20.4. The Labute approximate surface area is 160 Å². The Morgan fingerprint density at radius 1 is 1.15 bits per heavy atom. The monoisotopic (exact) mass is 368 g/mol. The van der Waals surface area contributed by atoms with Gasteiger partial charge in [-0.15, -0.1) is 0 Å². The topological polar surface area (TPSA) is 77.3 Å². The van der Waals surface area contributed by atoms with Gasteiger partial charge in [-0.05, 0) is 57.9 Å². The van der Waals surface area contributed by atoms with E-state index in [9.17, 15) is 4.79 Å². The predicted molar refractivity (Wildman–Crippen MR) is 113 cm³/mol. The molecule has 0 radical (unpaired) electrons.